The molecular formula is C18H24N2O. The summed E-state index contributed by atoms with van der Waals surface area (Å²) in [6.45, 7) is 4.70. The number of unbranched alkanes of at least 4 members (excludes halogenated alkanes) is 2. The van der Waals surface area contributed by atoms with Gasteiger partial charge in [-0.3, -0.25) is 4.98 Å². The van der Waals surface area contributed by atoms with Crippen LogP contribution in [0.25, 0.3) is 0 Å². The van der Waals surface area contributed by atoms with E-state index in [1.54, 1.807) is 6.20 Å². The van der Waals surface area contributed by atoms with Crippen LogP contribution in [0.1, 0.15) is 37.4 Å². The Kier molecular flexibility index (Phi) is 6.75. The standard InChI is InChI=1S/C18H24N2O/c1-2-3-5-11-19-14-16-8-7-10-18(13-16)21-15-17-9-4-6-12-20-17/h4,6-10,12-13,19H,2-3,5,11,14-15H2,1H3. The highest BCUT2D eigenvalue weighted by Crippen LogP contribution is 2.14. The molecule has 0 radical (unpaired) electrons. The van der Waals surface area contributed by atoms with Crippen LogP contribution in [0, 0.1) is 0 Å². The Labute approximate surface area is 127 Å². The summed E-state index contributed by atoms with van der Waals surface area (Å²) in [5.41, 5.74) is 2.20. The van der Waals surface area contributed by atoms with Crippen molar-refractivity contribution in [3.05, 3.63) is 59.9 Å². The van der Waals surface area contributed by atoms with E-state index in [0.29, 0.717) is 6.61 Å². The molecule has 1 N–H and O–H groups in total. The quantitative estimate of drug-likeness (QED) is 0.708. The van der Waals surface area contributed by atoms with Crippen LogP contribution in [0.3, 0.4) is 0 Å². The predicted molar refractivity (Wildman–Crippen MR) is 86.2 cm³/mol. The lowest BCUT2D eigenvalue weighted by molar-refractivity contribution is 0.301. The Morgan fingerprint density at radius 3 is 2.86 bits per heavy atom. The Bertz CT molecular complexity index is 514. The Morgan fingerprint density at radius 1 is 1.10 bits per heavy atom. The lowest BCUT2D eigenvalue weighted by Gasteiger charge is -2.08. The van der Waals surface area contributed by atoms with E-state index in [2.05, 4.69) is 29.4 Å². The smallest absolute Gasteiger partial charge is 0.130 e. The number of nitrogens with zero attached hydrogens (tertiary/aromatic N) is 1. The van der Waals surface area contributed by atoms with Crippen molar-refractivity contribution in [2.75, 3.05) is 6.54 Å². The number of rotatable bonds is 9. The highest BCUT2D eigenvalue weighted by Gasteiger charge is 1.99. The fraction of sp³-hybridized carbons (Fsp3) is 0.389. The Hall–Kier alpha value is -1.87. The number of aromatic nitrogens is 1. The van der Waals surface area contributed by atoms with Gasteiger partial charge in [-0.25, -0.2) is 0 Å². The van der Waals surface area contributed by atoms with E-state index in [1.165, 1.54) is 24.8 Å². The van der Waals surface area contributed by atoms with E-state index in [0.717, 1.165) is 24.5 Å². The molecule has 3 nitrogen and oxygen atoms in total. The molecule has 2 rings (SSSR count). The molecule has 2 aromatic rings. The van der Waals surface area contributed by atoms with Gasteiger partial charge in [-0.2, -0.15) is 0 Å². The number of hydrogen-bond donors (Lipinski definition) is 1. The van der Waals surface area contributed by atoms with Gasteiger partial charge in [0.25, 0.3) is 0 Å². The van der Waals surface area contributed by atoms with E-state index < -0.39 is 0 Å². The van der Waals surface area contributed by atoms with Gasteiger partial charge in [0.15, 0.2) is 0 Å². The summed E-state index contributed by atoms with van der Waals surface area (Å²) >= 11 is 0. The maximum atomic E-state index is 5.79. The third-order valence-corrected chi connectivity index (χ3v) is 3.30. The molecule has 112 valence electrons. The van der Waals surface area contributed by atoms with Gasteiger partial charge in [0, 0.05) is 12.7 Å². The second kappa shape index (κ2) is 9.14. The third kappa shape index (κ3) is 5.96. The molecule has 0 atom stereocenters. The Morgan fingerprint density at radius 2 is 2.05 bits per heavy atom. The first-order valence-corrected chi connectivity index (χ1v) is 7.71. The molecule has 0 unspecified atom stereocenters. The zero-order valence-corrected chi connectivity index (χ0v) is 12.7. The van der Waals surface area contributed by atoms with Crippen molar-refractivity contribution in [1.82, 2.24) is 10.3 Å². The lowest BCUT2D eigenvalue weighted by atomic mass is 10.2. The topological polar surface area (TPSA) is 34.1 Å². The van der Waals surface area contributed by atoms with Crippen molar-refractivity contribution >= 4 is 0 Å². The fourth-order valence-electron chi connectivity index (χ4n) is 2.12. The molecule has 1 heterocycles. The van der Waals surface area contributed by atoms with Gasteiger partial charge in [0.2, 0.25) is 0 Å². The van der Waals surface area contributed by atoms with Crippen LogP contribution in [-0.4, -0.2) is 11.5 Å². The molecular weight excluding hydrogens is 260 g/mol. The summed E-state index contributed by atoms with van der Waals surface area (Å²) in [6.07, 6.45) is 5.58. The average Bonchev–Trinajstić information content (AvgIpc) is 2.54. The van der Waals surface area contributed by atoms with Gasteiger partial charge in [-0.15, -0.1) is 0 Å². The van der Waals surface area contributed by atoms with Crippen molar-refractivity contribution in [1.29, 1.82) is 0 Å². The summed E-state index contributed by atoms with van der Waals surface area (Å²) in [6, 6.07) is 14.1. The van der Waals surface area contributed by atoms with Crippen molar-refractivity contribution in [3.8, 4) is 5.75 Å². The van der Waals surface area contributed by atoms with Gasteiger partial charge in [-0.1, -0.05) is 38.0 Å². The monoisotopic (exact) mass is 284 g/mol. The first-order valence-electron chi connectivity index (χ1n) is 7.71. The zero-order chi connectivity index (χ0) is 14.8. The molecule has 0 saturated carbocycles. The van der Waals surface area contributed by atoms with Crippen LogP contribution >= 0.6 is 0 Å². The molecule has 1 aromatic heterocycles. The molecule has 0 bridgehead atoms. The van der Waals surface area contributed by atoms with Gasteiger partial charge in [0.1, 0.15) is 12.4 Å². The second-order valence-electron chi connectivity index (χ2n) is 5.14. The van der Waals surface area contributed by atoms with E-state index in [1.807, 2.05) is 30.3 Å². The molecule has 0 spiro atoms. The van der Waals surface area contributed by atoms with Crippen LogP contribution in [0.2, 0.25) is 0 Å². The summed E-state index contributed by atoms with van der Waals surface area (Å²) in [5, 5.41) is 3.47. The SMILES string of the molecule is CCCCCNCc1cccc(OCc2ccccn2)c1. The highest BCUT2D eigenvalue weighted by molar-refractivity contribution is 5.28. The van der Waals surface area contributed by atoms with Crippen molar-refractivity contribution < 1.29 is 4.74 Å². The predicted octanol–water partition coefficient (Wildman–Crippen LogP) is 3.94. The normalized spacial score (nSPS) is 10.5. The van der Waals surface area contributed by atoms with Crippen LogP contribution < -0.4 is 10.1 Å². The summed E-state index contributed by atoms with van der Waals surface area (Å²) in [4.78, 5) is 4.26. The second-order valence-corrected chi connectivity index (χ2v) is 5.14. The summed E-state index contributed by atoms with van der Waals surface area (Å²) in [5.74, 6) is 0.897. The minimum Gasteiger partial charge on any atom is -0.487 e. The first kappa shape index (κ1) is 15.5. The van der Waals surface area contributed by atoms with Crippen LogP contribution in [0.15, 0.2) is 48.7 Å². The minimum atomic E-state index is 0.508. The number of pyridine rings is 1. The third-order valence-electron chi connectivity index (χ3n) is 3.30. The molecule has 0 aliphatic rings. The molecule has 1 aromatic carbocycles. The molecule has 3 heteroatoms. The van der Waals surface area contributed by atoms with Gasteiger partial charge < -0.3 is 10.1 Å². The van der Waals surface area contributed by atoms with E-state index in [-0.39, 0.29) is 0 Å². The van der Waals surface area contributed by atoms with Crippen molar-refractivity contribution in [2.24, 2.45) is 0 Å². The van der Waals surface area contributed by atoms with Crippen LogP contribution in [0.4, 0.5) is 0 Å². The largest absolute Gasteiger partial charge is 0.487 e. The molecule has 21 heavy (non-hydrogen) atoms. The maximum absolute atomic E-state index is 5.79. The van der Waals surface area contributed by atoms with E-state index in [4.69, 9.17) is 4.74 Å². The number of hydrogen-bond acceptors (Lipinski definition) is 3. The number of ether oxygens (including phenoxy) is 1. The van der Waals surface area contributed by atoms with Crippen LogP contribution in [0.5, 0.6) is 5.75 Å². The Balaban J connectivity index is 1.77. The van der Waals surface area contributed by atoms with E-state index >= 15 is 0 Å². The minimum absolute atomic E-state index is 0.508. The first-order chi connectivity index (χ1) is 10.4. The molecule has 0 amide bonds. The maximum Gasteiger partial charge on any atom is 0.130 e. The summed E-state index contributed by atoms with van der Waals surface area (Å²) in [7, 11) is 0. The van der Waals surface area contributed by atoms with E-state index in [9.17, 15) is 0 Å². The number of nitrogens with one attached hydrogen (secondary N) is 1. The zero-order valence-electron chi connectivity index (χ0n) is 12.7. The lowest BCUT2D eigenvalue weighted by Crippen LogP contribution is -2.14. The molecule has 0 aliphatic heterocycles. The van der Waals surface area contributed by atoms with Crippen molar-refractivity contribution in [3.63, 3.8) is 0 Å². The fourth-order valence-corrected chi connectivity index (χ4v) is 2.12. The average molecular weight is 284 g/mol. The van der Waals surface area contributed by atoms with Gasteiger partial charge in [0.05, 0.1) is 5.69 Å². The van der Waals surface area contributed by atoms with Crippen molar-refractivity contribution in [2.45, 2.75) is 39.3 Å². The van der Waals surface area contributed by atoms with Gasteiger partial charge >= 0.3 is 0 Å². The molecule has 0 aliphatic carbocycles. The molecule has 0 saturated heterocycles. The highest BCUT2D eigenvalue weighted by atomic mass is 16.5. The number of benzene rings is 1. The van der Waals surface area contributed by atoms with Crippen LogP contribution in [-0.2, 0) is 13.2 Å². The molecule has 0 fully saturated rings. The van der Waals surface area contributed by atoms with Gasteiger partial charge in [-0.05, 0) is 42.8 Å². The summed E-state index contributed by atoms with van der Waals surface area (Å²) < 4.78 is 5.79.